The van der Waals surface area contributed by atoms with Crippen molar-refractivity contribution in [3.8, 4) is 11.5 Å². The number of H-pyrrole nitrogens is 2. The van der Waals surface area contributed by atoms with Crippen LogP contribution in [0.5, 0.6) is 11.5 Å². The second-order valence-electron chi connectivity index (χ2n) is 15.0. The van der Waals surface area contributed by atoms with Gasteiger partial charge in [-0.2, -0.15) is 10.2 Å². The van der Waals surface area contributed by atoms with E-state index >= 15 is 0 Å². The van der Waals surface area contributed by atoms with E-state index in [1.54, 1.807) is 19.1 Å². The van der Waals surface area contributed by atoms with Crippen molar-refractivity contribution in [2.75, 3.05) is 40.4 Å². The molecule has 0 spiro atoms. The smallest absolute Gasteiger partial charge is 0.275 e. The van der Waals surface area contributed by atoms with Crippen molar-refractivity contribution in [2.24, 2.45) is 0 Å². The van der Waals surface area contributed by atoms with E-state index in [0.29, 0.717) is 11.4 Å². The molecule has 10 heteroatoms. The third-order valence-corrected chi connectivity index (χ3v) is 11.8. The Morgan fingerprint density at radius 3 is 1.28 bits per heavy atom. The van der Waals surface area contributed by atoms with Crippen molar-refractivity contribution in [2.45, 2.75) is 30.1 Å². The van der Waals surface area contributed by atoms with E-state index in [1.807, 2.05) is 41.3 Å². The summed E-state index contributed by atoms with van der Waals surface area (Å²) in [6.07, 6.45) is 11.0. The Bertz CT molecular complexity index is 2460. The number of rotatable bonds is 8. The van der Waals surface area contributed by atoms with Gasteiger partial charge in [0, 0.05) is 72.4 Å². The number of allylic oxidation sites excluding steroid dienone is 2. The minimum atomic E-state index is -0.329. The highest BCUT2D eigenvalue weighted by Gasteiger charge is 2.40. The molecular weight excluding hydrogens is 713 g/mol. The SMILES string of the molecule is COc1ccc(C2(c3ccccc3)C=Cc3c(C(=O)N4CC4)n[nH]c3C2)cc1.COc1ccc(C2(c3ccccc3)C=Cc3c(C(=O)N4CCC4)n[nH]c3C2)cc1. The predicted octanol–water partition coefficient (Wildman–Crippen LogP) is 7.25. The van der Waals surface area contributed by atoms with Gasteiger partial charge in [-0.25, -0.2) is 0 Å². The van der Waals surface area contributed by atoms with Crippen LogP contribution in [0.2, 0.25) is 0 Å². The predicted molar refractivity (Wildman–Crippen MR) is 220 cm³/mol. The lowest BCUT2D eigenvalue weighted by atomic mass is 9.68. The number of ether oxygens (including phenoxy) is 2. The van der Waals surface area contributed by atoms with E-state index in [-0.39, 0.29) is 22.6 Å². The van der Waals surface area contributed by atoms with Gasteiger partial charge in [-0.1, -0.05) is 109 Å². The third-order valence-electron chi connectivity index (χ3n) is 11.8. The number of hydrogen-bond acceptors (Lipinski definition) is 6. The number of carbonyl (C=O) groups is 2. The molecule has 2 fully saturated rings. The third kappa shape index (κ3) is 6.50. The van der Waals surface area contributed by atoms with Crippen LogP contribution in [0.4, 0.5) is 0 Å². The standard InChI is InChI=1S/C24H23N3O2.C23H21N3O2/c1-29-19-10-8-18(9-11-19)24(17-6-3-2-4-7-17)13-12-20-21(16-24)25-26-22(20)23(28)27-14-5-15-27;1-28-18-9-7-17(8-10-18)23(16-5-3-2-4-6-16)12-11-19-20(15-23)24-25-21(19)22(27)26-13-14-26/h2-4,6-13H,5,14-16H2,1H3,(H,25,26);2-12H,13-15H2,1H3,(H,24,25). The quantitative estimate of drug-likeness (QED) is 0.158. The maximum absolute atomic E-state index is 12.7. The van der Waals surface area contributed by atoms with Gasteiger partial charge in [0.25, 0.3) is 11.8 Å². The van der Waals surface area contributed by atoms with Crippen molar-refractivity contribution in [1.82, 2.24) is 30.2 Å². The Hall–Kier alpha value is -6.68. The number of hydrogen-bond donors (Lipinski definition) is 2. The van der Waals surface area contributed by atoms with Gasteiger partial charge < -0.3 is 19.3 Å². The molecule has 4 aliphatic rings. The fraction of sp³-hybridized carbons (Fsp3) is 0.234. The largest absolute Gasteiger partial charge is 0.497 e. The lowest BCUT2D eigenvalue weighted by Gasteiger charge is -2.35. The molecule has 0 radical (unpaired) electrons. The summed E-state index contributed by atoms with van der Waals surface area (Å²) in [5, 5.41) is 15.0. The normalized spacial score (nSPS) is 20.0. The number of likely N-dealkylation sites (tertiary alicyclic amines) is 1. The van der Waals surface area contributed by atoms with E-state index in [0.717, 1.165) is 79.5 Å². The summed E-state index contributed by atoms with van der Waals surface area (Å²) >= 11 is 0. The second-order valence-corrected chi connectivity index (χ2v) is 15.0. The first-order valence-electron chi connectivity index (χ1n) is 19.4. The highest BCUT2D eigenvalue weighted by molar-refractivity contribution is 5.98. The van der Waals surface area contributed by atoms with Gasteiger partial charge in [0.15, 0.2) is 11.4 Å². The lowest BCUT2D eigenvalue weighted by Crippen LogP contribution is -2.42. The van der Waals surface area contributed by atoms with Gasteiger partial charge in [-0.3, -0.25) is 19.8 Å². The highest BCUT2D eigenvalue weighted by atomic mass is 16.5. The molecule has 2 N–H and O–H groups in total. The molecule has 4 aromatic carbocycles. The molecule has 2 aliphatic carbocycles. The van der Waals surface area contributed by atoms with Crippen LogP contribution in [-0.4, -0.2) is 82.4 Å². The average molecular weight is 757 g/mol. The zero-order chi connectivity index (χ0) is 39.0. The van der Waals surface area contributed by atoms with Crippen LogP contribution in [0.25, 0.3) is 12.2 Å². The first-order chi connectivity index (χ1) is 27.9. The molecule has 2 aromatic heterocycles. The number of nitrogens with zero attached hydrogens (tertiary/aromatic N) is 4. The van der Waals surface area contributed by atoms with Crippen LogP contribution >= 0.6 is 0 Å². The van der Waals surface area contributed by atoms with Crippen LogP contribution in [0.15, 0.2) is 121 Å². The zero-order valence-electron chi connectivity index (χ0n) is 32.1. The van der Waals surface area contributed by atoms with E-state index < -0.39 is 0 Å². The van der Waals surface area contributed by atoms with Crippen molar-refractivity contribution in [3.05, 3.63) is 178 Å². The summed E-state index contributed by atoms with van der Waals surface area (Å²) in [6.45, 7) is 3.29. The average Bonchev–Trinajstić information content (AvgIpc) is 3.89. The summed E-state index contributed by atoms with van der Waals surface area (Å²) in [4.78, 5) is 28.9. The number of nitrogens with one attached hydrogen (secondary N) is 2. The number of methoxy groups -OCH3 is 2. The number of fused-ring (bicyclic) bond motifs is 2. The Balaban J connectivity index is 0.000000148. The summed E-state index contributed by atoms with van der Waals surface area (Å²) in [7, 11) is 3.35. The number of aromatic nitrogens is 4. The topological polar surface area (TPSA) is 116 Å². The molecule has 2 saturated heterocycles. The van der Waals surface area contributed by atoms with E-state index in [2.05, 4.69) is 117 Å². The Morgan fingerprint density at radius 2 is 0.930 bits per heavy atom. The number of aromatic amines is 2. The van der Waals surface area contributed by atoms with Crippen molar-refractivity contribution >= 4 is 24.0 Å². The molecule has 2 aliphatic heterocycles. The highest BCUT2D eigenvalue weighted by Crippen LogP contribution is 2.44. The van der Waals surface area contributed by atoms with Crippen LogP contribution in [-0.2, 0) is 23.7 Å². The summed E-state index contributed by atoms with van der Waals surface area (Å²) in [5.41, 5.74) is 8.99. The maximum Gasteiger partial charge on any atom is 0.275 e. The maximum atomic E-state index is 12.7. The molecule has 10 nitrogen and oxygen atoms in total. The van der Waals surface area contributed by atoms with Gasteiger partial charge in [-0.15, -0.1) is 0 Å². The molecule has 0 saturated carbocycles. The molecule has 10 rings (SSSR count). The molecule has 286 valence electrons. The van der Waals surface area contributed by atoms with Crippen molar-refractivity contribution in [1.29, 1.82) is 0 Å². The minimum Gasteiger partial charge on any atom is -0.497 e. The fourth-order valence-electron chi connectivity index (χ4n) is 8.30. The van der Waals surface area contributed by atoms with Gasteiger partial charge in [-0.05, 0) is 52.9 Å². The summed E-state index contributed by atoms with van der Waals surface area (Å²) in [6, 6.07) is 37.3. The van der Waals surface area contributed by atoms with E-state index in [9.17, 15) is 9.59 Å². The van der Waals surface area contributed by atoms with E-state index in [4.69, 9.17) is 9.47 Å². The van der Waals surface area contributed by atoms with Crippen LogP contribution in [0.3, 0.4) is 0 Å². The number of amides is 2. The van der Waals surface area contributed by atoms with Gasteiger partial charge in [0.1, 0.15) is 11.5 Å². The minimum absolute atomic E-state index is 0.0128. The Morgan fingerprint density at radius 1 is 0.544 bits per heavy atom. The van der Waals surface area contributed by atoms with Gasteiger partial charge in [0.2, 0.25) is 0 Å². The lowest BCUT2D eigenvalue weighted by molar-refractivity contribution is 0.0645. The molecule has 2 amide bonds. The van der Waals surface area contributed by atoms with Crippen LogP contribution in [0.1, 0.15) is 72.2 Å². The molecule has 2 atom stereocenters. The second kappa shape index (κ2) is 14.8. The Kier molecular flexibility index (Phi) is 9.32. The van der Waals surface area contributed by atoms with Gasteiger partial charge in [0.05, 0.1) is 14.2 Å². The van der Waals surface area contributed by atoms with Crippen molar-refractivity contribution in [3.63, 3.8) is 0 Å². The molecular formula is C47H44N6O4. The number of carbonyl (C=O) groups excluding carboxylic acids is 2. The number of benzene rings is 4. The van der Waals surface area contributed by atoms with Crippen LogP contribution < -0.4 is 9.47 Å². The summed E-state index contributed by atoms with van der Waals surface area (Å²) < 4.78 is 10.7. The molecule has 57 heavy (non-hydrogen) atoms. The van der Waals surface area contributed by atoms with E-state index in [1.165, 1.54) is 22.3 Å². The first-order valence-corrected chi connectivity index (χ1v) is 19.4. The molecule has 0 bridgehead atoms. The van der Waals surface area contributed by atoms with Crippen molar-refractivity contribution < 1.29 is 19.1 Å². The molecule has 4 heterocycles. The monoisotopic (exact) mass is 756 g/mol. The summed E-state index contributed by atoms with van der Waals surface area (Å²) in [5.74, 6) is 1.70. The van der Waals surface area contributed by atoms with Gasteiger partial charge >= 0.3 is 0 Å². The molecule has 6 aromatic rings. The van der Waals surface area contributed by atoms with Crippen LogP contribution in [0, 0.1) is 0 Å². The Labute approximate surface area is 331 Å². The zero-order valence-corrected chi connectivity index (χ0v) is 32.1. The fourth-order valence-corrected chi connectivity index (χ4v) is 8.30. The first kappa shape index (κ1) is 36.0. The molecule has 2 unspecified atom stereocenters.